The molecule has 2 heterocycles. The molecule has 0 radical (unpaired) electrons. The molecule has 2 aliphatic carbocycles. The zero-order valence-corrected chi connectivity index (χ0v) is 14.0. The Morgan fingerprint density at radius 3 is 2.86 bits per heavy atom. The maximum atomic E-state index is 12.2. The molecule has 0 aromatic rings. The Bertz CT molecular complexity index is 506. The van der Waals surface area contributed by atoms with Crippen LogP contribution in [-0.4, -0.2) is 41.0 Å². The van der Waals surface area contributed by atoms with Gasteiger partial charge in [-0.2, -0.15) is 0 Å². The minimum Gasteiger partial charge on any atom is -0.462 e. The van der Waals surface area contributed by atoms with E-state index in [-0.39, 0.29) is 23.3 Å². The fourth-order valence-electron chi connectivity index (χ4n) is 4.07. The van der Waals surface area contributed by atoms with Crippen molar-refractivity contribution in [1.82, 2.24) is 0 Å². The third-order valence-corrected chi connectivity index (χ3v) is 5.23. The van der Waals surface area contributed by atoms with Gasteiger partial charge >= 0.3 is 17.9 Å². The smallest absolute Gasteiger partial charge is 0.347 e. The molecule has 0 amide bonds. The van der Waals surface area contributed by atoms with Gasteiger partial charge in [0.2, 0.25) is 0 Å². The average molecular weight is 375 g/mol. The highest BCUT2D eigenvalue weighted by Crippen LogP contribution is 2.51. The first-order chi connectivity index (χ1) is 10.4. The summed E-state index contributed by atoms with van der Waals surface area (Å²) in [6.07, 6.45) is 2.41. The van der Waals surface area contributed by atoms with Gasteiger partial charge in [-0.15, -0.1) is 0 Å². The lowest BCUT2D eigenvalue weighted by Gasteiger charge is -2.45. The average Bonchev–Trinajstić information content (AvgIpc) is 2.60. The highest BCUT2D eigenvalue weighted by atomic mass is 79.9. The summed E-state index contributed by atoms with van der Waals surface area (Å²) in [5, 5.41) is 0.0321. The number of halogens is 1. The third kappa shape index (κ3) is 3.00. The van der Waals surface area contributed by atoms with Crippen molar-refractivity contribution in [3.05, 3.63) is 0 Å². The van der Waals surface area contributed by atoms with Gasteiger partial charge in [0.05, 0.1) is 5.92 Å². The molecule has 0 spiro atoms. The van der Waals surface area contributed by atoms with Crippen LogP contribution >= 0.6 is 15.9 Å². The summed E-state index contributed by atoms with van der Waals surface area (Å²) in [6.45, 7) is 1.50. The van der Waals surface area contributed by atoms with E-state index in [2.05, 4.69) is 15.9 Å². The van der Waals surface area contributed by atoms with E-state index in [0.717, 1.165) is 19.3 Å². The number of rotatable bonds is 4. The molecule has 4 bridgehead atoms. The lowest BCUT2D eigenvalue weighted by atomic mass is 9.65. The maximum Gasteiger partial charge on any atom is 0.347 e. The number of carbonyl (C=O) groups excluding carboxylic acids is 3. The SMILES string of the molecule is CC(OC(=O)CBr)C(=O)OC12CC3CC(C1)OC(=O)C(C3)C2. The topological polar surface area (TPSA) is 78.9 Å². The lowest BCUT2D eigenvalue weighted by molar-refractivity contribution is -0.187. The Labute approximate surface area is 137 Å². The predicted octanol–water partition coefficient (Wildman–Crippen LogP) is 1.73. The van der Waals surface area contributed by atoms with Crippen LogP contribution in [0.2, 0.25) is 0 Å². The number of hydrogen-bond donors (Lipinski definition) is 0. The van der Waals surface area contributed by atoms with Crippen LogP contribution in [0.1, 0.15) is 39.0 Å². The summed E-state index contributed by atoms with van der Waals surface area (Å²) in [6, 6.07) is 0. The van der Waals surface area contributed by atoms with Crippen molar-refractivity contribution in [3.8, 4) is 0 Å². The first-order valence-corrected chi connectivity index (χ1v) is 8.72. The van der Waals surface area contributed by atoms with Gasteiger partial charge in [0.1, 0.15) is 17.0 Å². The van der Waals surface area contributed by atoms with E-state index in [0.29, 0.717) is 18.8 Å². The van der Waals surface area contributed by atoms with Gasteiger partial charge in [0.25, 0.3) is 0 Å². The third-order valence-electron chi connectivity index (χ3n) is 4.78. The molecular weight excluding hydrogens is 356 g/mol. The van der Waals surface area contributed by atoms with E-state index in [1.807, 2.05) is 0 Å². The number of ether oxygens (including phenoxy) is 3. The molecule has 2 saturated heterocycles. The molecule has 122 valence electrons. The molecule has 2 aliphatic heterocycles. The Balaban J connectivity index is 1.70. The van der Waals surface area contributed by atoms with Gasteiger partial charge < -0.3 is 14.2 Å². The van der Waals surface area contributed by atoms with Gasteiger partial charge in [-0.1, -0.05) is 15.9 Å². The zero-order chi connectivity index (χ0) is 15.9. The molecule has 4 fully saturated rings. The Hall–Kier alpha value is -1.11. The molecule has 7 heteroatoms. The van der Waals surface area contributed by atoms with Gasteiger partial charge in [0, 0.05) is 12.8 Å². The maximum absolute atomic E-state index is 12.2. The second-order valence-electron chi connectivity index (χ2n) is 6.58. The van der Waals surface area contributed by atoms with E-state index >= 15 is 0 Å². The molecule has 0 aromatic carbocycles. The van der Waals surface area contributed by atoms with Crippen molar-refractivity contribution in [1.29, 1.82) is 0 Å². The molecule has 6 nitrogen and oxygen atoms in total. The van der Waals surface area contributed by atoms with E-state index in [4.69, 9.17) is 14.2 Å². The number of hydrogen-bond acceptors (Lipinski definition) is 6. The van der Waals surface area contributed by atoms with Crippen molar-refractivity contribution in [2.75, 3.05) is 5.33 Å². The van der Waals surface area contributed by atoms with Crippen molar-refractivity contribution < 1.29 is 28.6 Å². The molecular formula is C15H19BrO6. The Kier molecular flexibility index (Phi) is 4.18. The van der Waals surface area contributed by atoms with E-state index in [9.17, 15) is 14.4 Å². The fraction of sp³-hybridized carbons (Fsp3) is 0.800. The van der Waals surface area contributed by atoms with Gasteiger partial charge in [0.15, 0.2) is 6.10 Å². The molecule has 5 unspecified atom stereocenters. The summed E-state index contributed by atoms with van der Waals surface area (Å²) >= 11 is 2.98. The normalized spacial score (nSPS) is 37.2. The number of esters is 3. The highest BCUT2D eigenvalue weighted by molar-refractivity contribution is 9.09. The molecule has 2 saturated carbocycles. The van der Waals surface area contributed by atoms with Crippen LogP contribution in [0.15, 0.2) is 0 Å². The van der Waals surface area contributed by atoms with Crippen molar-refractivity contribution in [2.45, 2.75) is 56.8 Å². The van der Waals surface area contributed by atoms with Gasteiger partial charge in [-0.25, -0.2) is 4.79 Å². The summed E-state index contributed by atoms with van der Waals surface area (Å²) in [5.41, 5.74) is -0.644. The summed E-state index contributed by atoms with van der Waals surface area (Å²) in [7, 11) is 0. The van der Waals surface area contributed by atoms with Crippen LogP contribution in [0, 0.1) is 11.8 Å². The molecule has 5 atom stereocenters. The summed E-state index contributed by atoms with van der Waals surface area (Å²) in [5.74, 6) is -1.05. The van der Waals surface area contributed by atoms with Crippen LogP contribution in [0.3, 0.4) is 0 Å². The number of alkyl halides is 1. The Morgan fingerprint density at radius 2 is 2.14 bits per heavy atom. The van der Waals surface area contributed by atoms with Crippen molar-refractivity contribution in [3.63, 3.8) is 0 Å². The van der Waals surface area contributed by atoms with Crippen LogP contribution in [0.25, 0.3) is 0 Å². The van der Waals surface area contributed by atoms with E-state index in [1.165, 1.54) is 6.92 Å². The van der Waals surface area contributed by atoms with Crippen LogP contribution in [0.5, 0.6) is 0 Å². The standard InChI is InChI=1S/C15H19BrO6/c1-8(20-12(17)7-16)13(18)22-15-4-9-2-10(5-15)14(19)21-11(3-9)6-15/h8-11H,2-7H2,1H3. The largest absolute Gasteiger partial charge is 0.462 e. The second-order valence-corrected chi connectivity index (χ2v) is 7.14. The Morgan fingerprint density at radius 1 is 1.36 bits per heavy atom. The lowest BCUT2D eigenvalue weighted by Crippen LogP contribution is -2.49. The van der Waals surface area contributed by atoms with Crippen LogP contribution < -0.4 is 0 Å². The molecule has 0 N–H and O–H groups in total. The molecule has 0 aromatic heterocycles. The minimum absolute atomic E-state index is 0.0321. The van der Waals surface area contributed by atoms with E-state index in [1.54, 1.807) is 0 Å². The molecule has 22 heavy (non-hydrogen) atoms. The number of fused-ring (bicyclic) bond motifs is 1. The van der Waals surface area contributed by atoms with Crippen molar-refractivity contribution >= 4 is 33.8 Å². The van der Waals surface area contributed by atoms with Crippen LogP contribution in [0.4, 0.5) is 0 Å². The highest BCUT2D eigenvalue weighted by Gasteiger charge is 2.55. The first-order valence-electron chi connectivity index (χ1n) is 7.59. The fourth-order valence-corrected chi connectivity index (χ4v) is 4.20. The summed E-state index contributed by atoms with van der Waals surface area (Å²) in [4.78, 5) is 35.5. The number of carbonyl (C=O) groups is 3. The first kappa shape index (κ1) is 15.8. The predicted molar refractivity (Wildman–Crippen MR) is 78.1 cm³/mol. The minimum atomic E-state index is -0.948. The van der Waals surface area contributed by atoms with E-state index < -0.39 is 23.6 Å². The van der Waals surface area contributed by atoms with Gasteiger partial charge in [-0.05, 0) is 32.1 Å². The molecule has 4 aliphatic rings. The van der Waals surface area contributed by atoms with Crippen molar-refractivity contribution in [2.24, 2.45) is 11.8 Å². The quantitative estimate of drug-likeness (QED) is 0.423. The molecule has 4 rings (SSSR count). The summed E-state index contributed by atoms with van der Waals surface area (Å²) < 4.78 is 16.2. The second kappa shape index (κ2) is 5.83. The van der Waals surface area contributed by atoms with Gasteiger partial charge in [-0.3, -0.25) is 9.59 Å². The monoisotopic (exact) mass is 374 g/mol. The zero-order valence-electron chi connectivity index (χ0n) is 12.4. The van der Waals surface area contributed by atoms with Crippen LogP contribution in [-0.2, 0) is 28.6 Å².